The van der Waals surface area contributed by atoms with Crippen LogP contribution in [0.2, 0.25) is 0 Å². The van der Waals surface area contributed by atoms with E-state index in [9.17, 15) is 14.9 Å². The minimum absolute atomic E-state index is 0.153. The molecule has 0 spiro atoms. The lowest BCUT2D eigenvalue weighted by atomic mass is 10.1. The molecule has 7 heteroatoms. The smallest absolute Gasteiger partial charge is 0.284 e. The summed E-state index contributed by atoms with van der Waals surface area (Å²) >= 11 is 3.08. The molecule has 1 atom stereocenters. The Morgan fingerprint density at radius 1 is 1.60 bits per heavy atom. The first-order valence-electron chi connectivity index (χ1n) is 6.03. The zero-order valence-corrected chi connectivity index (χ0v) is 12.8. The molecule has 0 saturated heterocycles. The van der Waals surface area contributed by atoms with Crippen molar-refractivity contribution in [3.63, 3.8) is 0 Å². The van der Waals surface area contributed by atoms with Crippen molar-refractivity contribution in [1.29, 1.82) is 5.26 Å². The highest BCUT2D eigenvalue weighted by Crippen LogP contribution is 2.26. The lowest BCUT2D eigenvalue weighted by Gasteiger charge is -2.22. The first kappa shape index (κ1) is 16.1. The number of nitriles is 1. The number of benzene rings is 1. The summed E-state index contributed by atoms with van der Waals surface area (Å²) in [6.45, 7) is 4.26. The first-order chi connectivity index (χ1) is 9.40. The average molecular weight is 340 g/mol. The Morgan fingerprint density at radius 3 is 2.75 bits per heavy atom. The zero-order valence-electron chi connectivity index (χ0n) is 11.2. The predicted molar refractivity (Wildman–Crippen MR) is 77.2 cm³/mol. The second kappa shape index (κ2) is 7.01. The molecule has 6 nitrogen and oxygen atoms in total. The fourth-order valence-electron chi connectivity index (χ4n) is 1.70. The number of hydrogen-bond acceptors (Lipinski definition) is 4. The van der Waals surface area contributed by atoms with E-state index in [1.165, 1.54) is 23.1 Å². The summed E-state index contributed by atoms with van der Waals surface area (Å²) in [4.78, 5) is 24.1. The minimum Gasteiger partial charge on any atom is -0.338 e. The van der Waals surface area contributed by atoms with Crippen molar-refractivity contribution in [2.45, 2.75) is 13.8 Å². The number of halogens is 1. The van der Waals surface area contributed by atoms with E-state index in [4.69, 9.17) is 5.26 Å². The molecule has 1 unspecified atom stereocenters. The van der Waals surface area contributed by atoms with Gasteiger partial charge in [0, 0.05) is 24.7 Å². The van der Waals surface area contributed by atoms with Gasteiger partial charge in [-0.3, -0.25) is 14.9 Å². The van der Waals surface area contributed by atoms with Crippen molar-refractivity contribution in [2.24, 2.45) is 5.92 Å². The maximum atomic E-state index is 12.3. The average Bonchev–Trinajstić information content (AvgIpc) is 2.43. The highest BCUT2D eigenvalue weighted by Gasteiger charge is 2.20. The van der Waals surface area contributed by atoms with E-state index in [0.29, 0.717) is 17.6 Å². The SMILES string of the molecule is CCN(CC(C)C#N)C(=O)c1ccc(Br)c([N+](=O)[O-])c1. The van der Waals surface area contributed by atoms with E-state index in [1.807, 2.05) is 0 Å². The van der Waals surface area contributed by atoms with E-state index in [1.54, 1.807) is 13.8 Å². The molecule has 0 N–H and O–H groups in total. The molecule has 1 aromatic carbocycles. The molecule has 1 aromatic rings. The van der Waals surface area contributed by atoms with Crippen molar-refractivity contribution >= 4 is 27.5 Å². The number of amides is 1. The van der Waals surface area contributed by atoms with Gasteiger partial charge in [-0.05, 0) is 41.9 Å². The number of rotatable bonds is 5. The number of nitro benzene ring substituents is 1. The van der Waals surface area contributed by atoms with Crippen LogP contribution in [0.3, 0.4) is 0 Å². The second-order valence-corrected chi connectivity index (χ2v) is 5.15. The number of carbonyl (C=O) groups is 1. The van der Waals surface area contributed by atoms with Gasteiger partial charge < -0.3 is 4.90 Å². The molecular formula is C13H14BrN3O3. The molecule has 106 valence electrons. The standard InChI is InChI=1S/C13H14BrN3O3/c1-3-16(8-9(2)7-15)13(18)10-4-5-11(14)12(6-10)17(19)20/h4-6,9H,3,8H2,1-2H3. The minimum atomic E-state index is -0.547. The third-order valence-electron chi connectivity index (χ3n) is 2.77. The second-order valence-electron chi connectivity index (χ2n) is 4.30. The Bertz CT molecular complexity index is 568. The largest absolute Gasteiger partial charge is 0.338 e. The Labute approximate surface area is 125 Å². The molecule has 0 aliphatic carbocycles. The number of nitro groups is 1. The summed E-state index contributed by atoms with van der Waals surface area (Å²) in [5.41, 5.74) is 0.0899. The maximum absolute atomic E-state index is 12.3. The predicted octanol–water partition coefficient (Wildman–Crippen LogP) is 2.98. The molecular weight excluding hydrogens is 326 g/mol. The lowest BCUT2D eigenvalue weighted by Crippen LogP contribution is -2.34. The topological polar surface area (TPSA) is 87.2 Å². The normalized spacial score (nSPS) is 11.5. The van der Waals surface area contributed by atoms with Gasteiger partial charge >= 0.3 is 0 Å². The van der Waals surface area contributed by atoms with Crippen LogP contribution in [-0.4, -0.2) is 28.8 Å². The first-order valence-corrected chi connectivity index (χ1v) is 6.82. The van der Waals surface area contributed by atoms with E-state index >= 15 is 0 Å². The quantitative estimate of drug-likeness (QED) is 0.609. The maximum Gasteiger partial charge on any atom is 0.284 e. The van der Waals surface area contributed by atoms with Crippen molar-refractivity contribution in [2.75, 3.05) is 13.1 Å². The molecule has 20 heavy (non-hydrogen) atoms. The van der Waals surface area contributed by atoms with Crippen LogP contribution in [0.5, 0.6) is 0 Å². The van der Waals surface area contributed by atoms with Gasteiger partial charge in [-0.1, -0.05) is 0 Å². The van der Waals surface area contributed by atoms with Crippen LogP contribution in [-0.2, 0) is 0 Å². The number of hydrogen-bond donors (Lipinski definition) is 0. The summed E-state index contributed by atoms with van der Waals surface area (Å²) in [5.74, 6) is -0.602. The third kappa shape index (κ3) is 3.78. The van der Waals surface area contributed by atoms with Crippen molar-refractivity contribution in [1.82, 2.24) is 4.90 Å². The van der Waals surface area contributed by atoms with E-state index in [2.05, 4.69) is 22.0 Å². The Balaban J connectivity index is 3.04. The lowest BCUT2D eigenvalue weighted by molar-refractivity contribution is -0.385. The van der Waals surface area contributed by atoms with Gasteiger partial charge in [-0.15, -0.1) is 0 Å². The van der Waals surface area contributed by atoms with E-state index in [-0.39, 0.29) is 23.1 Å². The zero-order chi connectivity index (χ0) is 15.3. The summed E-state index contributed by atoms with van der Waals surface area (Å²) in [7, 11) is 0. The van der Waals surface area contributed by atoms with Crippen molar-refractivity contribution < 1.29 is 9.72 Å². The molecule has 0 saturated carbocycles. The van der Waals surface area contributed by atoms with E-state index < -0.39 is 4.92 Å². The summed E-state index contributed by atoms with van der Waals surface area (Å²) in [5, 5.41) is 19.7. The number of nitrogens with zero attached hydrogens (tertiary/aromatic N) is 3. The summed E-state index contributed by atoms with van der Waals surface area (Å²) < 4.78 is 0.326. The van der Waals surface area contributed by atoms with Crippen molar-refractivity contribution in [3.05, 3.63) is 38.3 Å². The molecule has 0 aromatic heterocycles. The fourth-order valence-corrected chi connectivity index (χ4v) is 2.09. The van der Waals surface area contributed by atoms with Crippen LogP contribution in [0.4, 0.5) is 5.69 Å². The highest BCUT2D eigenvalue weighted by atomic mass is 79.9. The van der Waals surface area contributed by atoms with Gasteiger partial charge in [0.1, 0.15) is 0 Å². The summed E-state index contributed by atoms with van der Waals surface area (Å²) in [6.07, 6.45) is 0. The van der Waals surface area contributed by atoms with Crippen LogP contribution < -0.4 is 0 Å². The van der Waals surface area contributed by atoms with Crippen LogP contribution in [0.1, 0.15) is 24.2 Å². The van der Waals surface area contributed by atoms with Crippen molar-refractivity contribution in [3.8, 4) is 6.07 Å². The van der Waals surface area contributed by atoms with Crippen LogP contribution in [0, 0.1) is 27.4 Å². The Kier molecular flexibility index (Phi) is 5.65. The summed E-state index contributed by atoms with van der Waals surface area (Å²) in [6, 6.07) is 6.31. The molecule has 0 fully saturated rings. The third-order valence-corrected chi connectivity index (χ3v) is 3.44. The Morgan fingerprint density at radius 2 is 2.25 bits per heavy atom. The molecule has 0 radical (unpaired) electrons. The molecule has 0 heterocycles. The number of carbonyl (C=O) groups excluding carboxylic acids is 1. The van der Waals surface area contributed by atoms with Crippen LogP contribution >= 0.6 is 15.9 Å². The highest BCUT2D eigenvalue weighted by molar-refractivity contribution is 9.10. The van der Waals surface area contributed by atoms with Gasteiger partial charge in [0.15, 0.2) is 0 Å². The van der Waals surface area contributed by atoms with Gasteiger partial charge in [-0.25, -0.2) is 0 Å². The van der Waals surface area contributed by atoms with Gasteiger partial charge in [0.05, 0.1) is 21.4 Å². The molecule has 0 aliphatic rings. The Hall–Kier alpha value is -1.94. The van der Waals surface area contributed by atoms with Gasteiger partial charge in [0.25, 0.3) is 11.6 Å². The molecule has 0 bridgehead atoms. The van der Waals surface area contributed by atoms with Gasteiger partial charge in [0.2, 0.25) is 0 Å². The molecule has 1 rings (SSSR count). The monoisotopic (exact) mass is 339 g/mol. The molecule has 1 amide bonds. The molecule has 0 aliphatic heterocycles. The van der Waals surface area contributed by atoms with Crippen LogP contribution in [0.15, 0.2) is 22.7 Å². The van der Waals surface area contributed by atoms with E-state index in [0.717, 1.165) is 0 Å². The van der Waals surface area contributed by atoms with Crippen LogP contribution in [0.25, 0.3) is 0 Å². The fraction of sp³-hybridized carbons (Fsp3) is 0.385. The van der Waals surface area contributed by atoms with Gasteiger partial charge in [-0.2, -0.15) is 5.26 Å².